The normalized spacial score (nSPS) is 10.8. The largest absolute Gasteiger partial charge is 0.369 e. The van der Waals surface area contributed by atoms with E-state index in [1.54, 1.807) is 29.2 Å². The minimum Gasteiger partial charge on any atom is -0.369 e. The molecule has 0 unspecified atom stereocenters. The topological polar surface area (TPSA) is 74.5 Å². The molecule has 0 radical (unpaired) electrons. The van der Waals surface area contributed by atoms with Gasteiger partial charge in [-0.15, -0.1) is 17.5 Å². The number of imidazole rings is 1. The molecule has 0 saturated heterocycles. The van der Waals surface area contributed by atoms with E-state index < -0.39 is 6.43 Å². The van der Waals surface area contributed by atoms with E-state index in [1.807, 2.05) is 0 Å². The number of hydrogen-bond acceptors (Lipinski definition) is 4. The van der Waals surface area contributed by atoms with Crippen molar-refractivity contribution in [2.45, 2.75) is 13.0 Å². The molecule has 3 aromatic rings. The molecule has 0 fully saturated rings. The summed E-state index contributed by atoms with van der Waals surface area (Å²) in [6.07, 6.45) is 2.28. The van der Waals surface area contributed by atoms with E-state index in [0.717, 1.165) is 0 Å². The van der Waals surface area contributed by atoms with Gasteiger partial charge in [-0.3, -0.25) is 0 Å². The Bertz CT molecular complexity index is 801. The van der Waals surface area contributed by atoms with Crippen molar-refractivity contribution in [3.63, 3.8) is 0 Å². The Balaban J connectivity index is 0.00000192. The Labute approximate surface area is 141 Å². The van der Waals surface area contributed by atoms with Gasteiger partial charge in [0.15, 0.2) is 5.95 Å². The zero-order valence-electron chi connectivity index (χ0n) is 11.6. The summed E-state index contributed by atoms with van der Waals surface area (Å²) in [4.78, 5) is 3.91. The van der Waals surface area contributed by atoms with Gasteiger partial charge in [0.25, 0.3) is 6.43 Å². The Kier molecular flexibility index (Phi) is 5.17. The van der Waals surface area contributed by atoms with Gasteiger partial charge in [-0.1, -0.05) is 16.8 Å². The third-order valence-corrected chi connectivity index (χ3v) is 3.44. The first kappa shape index (κ1) is 17.2. The lowest BCUT2D eigenvalue weighted by molar-refractivity contribution is 0.151. The Morgan fingerprint density at radius 1 is 1.30 bits per heavy atom. The molecule has 0 atom stereocenters. The van der Waals surface area contributed by atoms with Crippen molar-refractivity contribution in [3.05, 3.63) is 53.1 Å². The number of anilines is 1. The van der Waals surface area contributed by atoms with Crippen molar-refractivity contribution in [2.24, 2.45) is 0 Å². The first-order chi connectivity index (χ1) is 10.5. The molecule has 0 spiro atoms. The summed E-state index contributed by atoms with van der Waals surface area (Å²) < 4.78 is 28.8. The van der Waals surface area contributed by atoms with Gasteiger partial charge in [0.1, 0.15) is 5.69 Å². The first-order valence-electron chi connectivity index (χ1n) is 6.30. The monoisotopic (exact) mass is 360 g/mol. The maximum atomic E-state index is 12.9. The maximum Gasteiger partial charge on any atom is 0.265 e. The molecule has 0 bridgehead atoms. The Hall–Kier alpha value is -2.19. The van der Waals surface area contributed by atoms with Crippen LogP contribution in [0.5, 0.6) is 0 Å². The van der Waals surface area contributed by atoms with E-state index in [0.29, 0.717) is 23.9 Å². The van der Waals surface area contributed by atoms with E-state index >= 15 is 0 Å². The fourth-order valence-electron chi connectivity index (χ4n) is 1.99. The van der Waals surface area contributed by atoms with Crippen molar-refractivity contribution in [1.82, 2.24) is 24.5 Å². The summed E-state index contributed by atoms with van der Waals surface area (Å²) in [6.45, 7) is 0.390. The number of nitrogens with zero attached hydrogens (tertiary/aromatic N) is 5. The molecule has 10 heteroatoms. The highest BCUT2D eigenvalue weighted by molar-refractivity contribution is 6.31. The van der Waals surface area contributed by atoms with Crippen LogP contribution in [0.25, 0.3) is 5.69 Å². The quantitative estimate of drug-likeness (QED) is 0.775. The standard InChI is InChI=1S/C13H11ClF2N6.ClH/c14-11-2-1-9(5-10(11)12(15)16)22-7-8(19-20-22)6-21-4-3-18-13(21)17;/h1-5,7,12H,6H2,(H2,17,18);1H. The minimum absolute atomic E-state index is 0. The van der Waals surface area contributed by atoms with Gasteiger partial charge in [0, 0.05) is 23.0 Å². The van der Waals surface area contributed by atoms with Gasteiger partial charge in [-0.2, -0.15) is 0 Å². The SMILES string of the molecule is Cl.Nc1nccn1Cc1cn(-c2ccc(Cl)c(C(F)F)c2)nn1. The third-order valence-electron chi connectivity index (χ3n) is 3.10. The smallest absolute Gasteiger partial charge is 0.265 e. The van der Waals surface area contributed by atoms with Crippen molar-refractivity contribution < 1.29 is 8.78 Å². The highest BCUT2D eigenvalue weighted by atomic mass is 35.5. The zero-order valence-corrected chi connectivity index (χ0v) is 13.2. The number of alkyl halides is 2. The van der Waals surface area contributed by atoms with Crippen LogP contribution in [0.3, 0.4) is 0 Å². The van der Waals surface area contributed by atoms with Crippen LogP contribution in [0.1, 0.15) is 17.7 Å². The molecule has 0 aliphatic carbocycles. The van der Waals surface area contributed by atoms with Crippen LogP contribution in [0.15, 0.2) is 36.8 Å². The molecule has 23 heavy (non-hydrogen) atoms. The third kappa shape index (κ3) is 3.59. The molecule has 2 N–H and O–H groups in total. The molecule has 6 nitrogen and oxygen atoms in total. The first-order valence-corrected chi connectivity index (χ1v) is 6.68. The van der Waals surface area contributed by atoms with E-state index in [2.05, 4.69) is 15.3 Å². The Morgan fingerprint density at radius 2 is 2.09 bits per heavy atom. The summed E-state index contributed by atoms with van der Waals surface area (Å²) in [5.41, 5.74) is 6.51. The number of halogens is 4. The summed E-state index contributed by atoms with van der Waals surface area (Å²) in [5.74, 6) is 0.362. The number of rotatable bonds is 4. The summed E-state index contributed by atoms with van der Waals surface area (Å²) >= 11 is 5.75. The van der Waals surface area contributed by atoms with Crippen molar-refractivity contribution in [2.75, 3.05) is 5.73 Å². The van der Waals surface area contributed by atoms with E-state index in [9.17, 15) is 8.78 Å². The predicted octanol–water partition coefficient (Wildman–Crippen LogP) is 3.11. The number of aromatic nitrogens is 5. The number of nitrogen functional groups attached to an aromatic ring is 1. The van der Waals surface area contributed by atoms with Gasteiger partial charge >= 0.3 is 0 Å². The average molecular weight is 361 g/mol. The number of nitrogens with two attached hydrogens (primary N) is 1. The van der Waals surface area contributed by atoms with Gasteiger partial charge in [-0.25, -0.2) is 18.4 Å². The van der Waals surface area contributed by atoms with Crippen LogP contribution in [-0.2, 0) is 6.54 Å². The molecule has 0 aliphatic heterocycles. The van der Waals surface area contributed by atoms with Crippen molar-refractivity contribution in [1.29, 1.82) is 0 Å². The molecule has 0 saturated carbocycles. The van der Waals surface area contributed by atoms with Gasteiger partial charge < -0.3 is 10.3 Å². The maximum absolute atomic E-state index is 12.9. The molecule has 2 aromatic heterocycles. The number of hydrogen-bond donors (Lipinski definition) is 1. The zero-order chi connectivity index (χ0) is 15.7. The van der Waals surface area contributed by atoms with E-state index in [-0.39, 0.29) is 23.0 Å². The molecule has 0 aliphatic rings. The molecule has 122 valence electrons. The van der Waals surface area contributed by atoms with Crippen LogP contribution in [0.4, 0.5) is 14.7 Å². The second-order valence-electron chi connectivity index (χ2n) is 4.57. The second-order valence-corrected chi connectivity index (χ2v) is 4.98. The molecular formula is C13H12Cl2F2N6. The van der Waals surface area contributed by atoms with Gasteiger partial charge in [0.2, 0.25) is 0 Å². The average Bonchev–Trinajstić information content (AvgIpc) is 3.10. The van der Waals surface area contributed by atoms with Crippen molar-refractivity contribution in [3.8, 4) is 5.69 Å². The van der Waals surface area contributed by atoms with Crippen LogP contribution in [0, 0.1) is 0 Å². The summed E-state index contributed by atoms with van der Waals surface area (Å²) in [7, 11) is 0. The fourth-order valence-corrected chi connectivity index (χ4v) is 2.19. The van der Waals surface area contributed by atoms with E-state index in [1.165, 1.54) is 16.8 Å². The lowest BCUT2D eigenvalue weighted by Crippen LogP contribution is -2.03. The highest BCUT2D eigenvalue weighted by Crippen LogP contribution is 2.28. The van der Waals surface area contributed by atoms with E-state index in [4.69, 9.17) is 17.3 Å². The molecule has 2 heterocycles. The van der Waals surface area contributed by atoms with Crippen LogP contribution in [-0.4, -0.2) is 24.5 Å². The second kappa shape index (κ2) is 6.93. The van der Waals surface area contributed by atoms with Crippen LogP contribution < -0.4 is 5.73 Å². The number of benzene rings is 1. The highest BCUT2D eigenvalue weighted by Gasteiger charge is 2.14. The fraction of sp³-hybridized carbons (Fsp3) is 0.154. The summed E-state index contributed by atoms with van der Waals surface area (Å²) in [5, 5.41) is 7.94. The molecule has 3 rings (SSSR count). The Morgan fingerprint density at radius 3 is 2.74 bits per heavy atom. The predicted molar refractivity (Wildman–Crippen MR) is 84.3 cm³/mol. The lowest BCUT2D eigenvalue weighted by Gasteiger charge is -2.06. The minimum atomic E-state index is -2.65. The van der Waals surface area contributed by atoms with Crippen LogP contribution in [0.2, 0.25) is 5.02 Å². The van der Waals surface area contributed by atoms with Crippen molar-refractivity contribution >= 4 is 30.0 Å². The summed E-state index contributed by atoms with van der Waals surface area (Å²) in [6, 6.07) is 4.29. The van der Waals surface area contributed by atoms with Crippen LogP contribution >= 0.6 is 24.0 Å². The van der Waals surface area contributed by atoms with Gasteiger partial charge in [-0.05, 0) is 18.2 Å². The molecule has 1 aromatic carbocycles. The molecule has 0 amide bonds. The lowest BCUT2D eigenvalue weighted by atomic mass is 10.2. The van der Waals surface area contributed by atoms with Gasteiger partial charge in [0.05, 0.1) is 18.4 Å². The molecular weight excluding hydrogens is 349 g/mol.